The maximum Gasteiger partial charge on any atom is 0.150 e. The van der Waals surface area contributed by atoms with E-state index in [-0.39, 0.29) is 33.6 Å². The summed E-state index contributed by atoms with van der Waals surface area (Å²) < 4.78 is 92.4. The minimum Gasteiger partial charge on any atom is -0.307 e. The highest BCUT2D eigenvalue weighted by atomic mass is 19.2. The standard InChI is InChI=1S/C52H30F6N2/c53-35-11-7-9-33(25-35)41-27-49(45(57)29-43(41)55)59(37-13-3-1-4-14-37)47-23-19-31-18-22-40-48(24-20-32-17-21-39(47)51(31)52(32)40)60(38-15-5-2-6-16-38)50-28-42(44(56)30-46(50)58)34-10-8-12-36(54)26-34/h1-30H. The van der Waals surface area contributed by atoms with Gasteiger partial charge in [0.15, 0.2) is 0 Å². The van der Waals surface area contributed by atoms with Gasteiger partial charge in [-0.3, -0.25) is 0 Å². The number of benzene rings is 10. The summed E-state index contributed by atoms with van der Waals surface area (Å²) in [4.78, 5) is 3.45. The topological polar surface area (TPSA) is 6.48 Å². The highest BCUT2D eigenvalue weighted by Crippen LogP contribution is 2.49. The molecule has 0 bridgehead atoms. The van der Waals surface area contributed by atoms with Crippen LogP contribution in [0.2, 0.25) is 0 Å². The molecule has 0 unspecified atom stereocenters. The highest BCUT2D eigenvalue weighted by Gasteiger charge is 2.26. The zero-order chi connectivity index (χ0) is 41.1. The molecule has 0 atom stereocenters. The predicted octanol–water partition coefficient (Wildman–Crippen LogP) is 15.7. The molecule has 0 amide bonds. The average molecular weight is 797 g/mol. The first-order valence-electron chi connectivity index (χ1n) is 19.1. The van der Waals surface area contributed by atoms with E-state index in [1.807, 2.05) is 109 Å². The monoisotopic (exact) mass is 796 g/mol. The van der Waals surface area contributed by atoms with Crippen molar-refractivity contribution in [1.29, 1.82) is 0 Å². The van der Waals surface area contributed by atoms with Crippen molar-refractivity contribution >= 4 is 66.4 Å². The lowest BCUT2D eigenvalue weighted by molar-refractivity contribution is 0.585. The van der Waals surface area contributed by atoms with Crippen molar-refractivity contribution in [2.75, 3.05) is 9.80 Å². The Morgan fingerprint density at radius 2 is 0.700 bits per heavy atom. The van der Waals surface area contributed by atoms with Crippen molar-refractivity contribution in [2.45, 2.75) is 0 Å². The molecule has 0 aliphatic rings. The van der Waals surface area contributed by atoms with E-state index in [4.69, 9.17) is 0 Å². The largest absolute Gasteiger partial charge is 0.307 e. The normalized spacial score (nSPS) is 11.5. The van der Waals surface area contributed by atoms with Crippen LogP contribution in [0.15, 0.2) is 182 Å². The van der Waals surface area contributed by atoms with Crippen molar-refractivity contribution < 1.29 is 26.3 Å². The molecule has 10 aromatic rings. The Kier molecular flexibility index (Phi) is 8.98. The first-order valence-corrected chi connectivity index (χ1v) is 19.1. The zero-order valence-corrected chi connectivity index (χ0v) is 31.5. The molecule has 0 saturated heterocycles. The van der Waals surface area contributed by atoms with E-state index in [1.54, 1.807) is 21.9 Å². The van der Waals surface area contributed by atoms with Crippen molar-refractivity contribution in [3.05, 3.63) is 217 Å². The van der Waals surface area contributed by atoms with Gasteiger partial charge in [0, 0.05) is 45.4 Å². The number of hydrogen-bond acceptors (Lipinski definition) is 2. The minimum atomic E-state index is -0.832. The van der Waals surface area contributed by atoms with Gasteiger partial charge in [-0.25, -0.2) is 26.3 Å². The predicted molar refractivity (Wildman–Crippen MR) is 230 cm³/mol. The molecule has 0 saturated carbocycles. The number of anilines is 6. The van der Waals surface area contributed by atoms with Crippen molar-refractivity contribution in [3.8, 4) is 22.3 Å². The van der Waals surface area contributed by atoms with E-state index < -0.39 is 34.9 Å². The first-order chi connectivity index (χ1) is 29.2. The summed E-state index contributed by atoms with van der Waals surface area (Å²) >= 11 is 0. The summed E-state index contributed by atoms with van der Waals surface area (Å²) in [7, 11) is 0. The molecule has 0 N–H and O–H groups in total. The number of para-hydroxylation sites is 2. The van der Waals surface area contributed by atoms with E-state index in [9.17, 15) is 8.78 Å². The van der Waals surface area contributed by atoms with Crippen LogP contribution in [0.5, 0.6) is 0 Å². The number of rotatable bonds is 8. The fraction of sp³-hybridized carbons (Fsp3) is 0. The molecule has 60 heavy (non-hydrogen) atoms. The smallest absolute Gasteiger partial charge is 0.150 e. The van der Waals surface area contributed by atoms with Gasteiger partial charge in [-0.1, -0.05) is 97.1 Å². The quantitative estimate of drug-likeness (QED) is 0.112. The van der Waals surface area contributed by atoms with Gasteiger partial charge in [-0.15, -0.1) is 0 Å². The molecular weight excluding hydrogens is 767 g/mol. The van der Waals surface area contributed by atoms with Crippen LogP contribution in [0, 0.1) is 34.9 Å². The lowest BCUT2D eigenvalue weighted by Gasteiger charge is -2.30. The molecule has 0 radical (unpaired) electrons. The number of halogens is 6. The third-order valence-corrected chi connectivity index (χ3v) is 11.0. The van der Waals surface area contributed by atoms with Gasteiger partial charge in [-0.2, -0.15) is 0 Å². The molecule has 0 fully saturated rings. The molecule has 0 heterocycles. The number of nitrogens with zero attached hydrogens (tertiary/aromatic N) is 2. The second-order valence-electron chi connectivity index (χ2n) is 14.5. The van der Waals surface area contributed by atoms with Crippen LogP contribution in [0.25, 0.3) is 54.6 Å². The molecule has 0 aliphatic carbocycles. The third kappa shape index (κ3) is 6.25. The molecule has 2 nitrogen and oxygen atoms in total. The van der Waals surface area contributed by atoms with Gasteiger partial charge >= 0.3 is 0 Å². The minimum absolute atomic E-state index is 0.0313. The number of hydrogen-bond donors (Lipinski definition) is 0. The summed E-state index contributed by atoms with van der Waals surface area (Å²) in [6.07, 6.45) is 0. The second-order valence-corrected chi connectivity index (χ2v) is 14.5. The van der Waals surface area contributed by atoms with E-state index >= 15 is 17.6 Å². The maximum absolute atomic E-state index is 16.3. The summed E-state index contributed by atoms with van der Waals surface area (Å²) in [5.74, 6) is -4.40. The molecule has 0 aliphatic heterocycles. The van der Waals surface area contributed by atoms with Crippen LogP contribution in [0.1, 0.15) is 0 Å². The fourth-order valence-electron chi connectivity index (χ4n) is 8.30. The first kappa shape index (κ1) is 36.7. The van der Waals surface area contributed by atoms with Crippen LogP contribution >= 0.6 is 0 Å². The molecule has 0 aromatic heterocycles. The van der Waals surface area contributed by atoms with Crippen LogP contribution in [-0.4, -0.2) is 0 Å². The van der Waals surface area contributed by atoms with Crippen LogP contribution < -0.4 is 9.80 Å². The van der Waals surface area contributed by atoms with Crippen LogP contribution in [0.3, 0.4) is 0 Å². The molecule has 0 spiro atoms. The summed E-state index contributed by atoms with van der Waals surface area (Å²) in [5, 5.41) is 4.93. The van der Waals surface area contributed by atoms with Crippen LogP contribution in [-0.2, 0) is 0 Å². The Hall–Kier alpha value is -7.58. The highest BCUT2D eigenvalue weighted by molar-refractivity contribution is 6.28. The lowest BCUT2D eigenvalue weighted by Crippen LogP contribution is -2.13. The van der Waals surface area contributed by atoms with Crippen molar-refractivity contribution in [3.63, 3.8) is 0 Å². The van der Waals surface area contributed by atoms with Crippen molar-refractivity contribution in [2.24, 2.45) is 0 Å². The van der Waals surface area contributed by atoms with E-state index in [2.05, 4.69) is 0 Å². The van der Waals surface area contributed by atoms with Crippen LogP contribution in [0.4, 0.5) is 60.5 Å². The van der Waals surface area contributed by atoms with Gasteiger partial charge < -0.3 is 9.80 Å². The lowest BCUT2D eigenvalue weighted by atomic mass is 9.91. The van der Waals surface area contributed by atoms with Gasteiger partial charge in [0.25, 0.3) is 0 Å². The average Bonchev–Trinajstić information content (AvgIpc) is 3.26. The second kappa shape index (κ2) is 14.7. The third-order valence-electron chi connectivity index (χ3n) is 11.0. The van der Waals surface area contributed by atoms with E-state index in [0.717, 1.165) is 44.5 Å². The maximum atomic E-state index is 16.3. The Morgan fingerprint density at radius 1 is 0.300 bits per heavy atom. The molecule has 10 rings (SSSR count). The SMILES string of the molecule is Fc1cccc(-c2cc(N(c3ccccc3)c3ccc4ccc5c(N(c6ccccc6)c6cc(-c7cccc(F)c7)c(F)cc6F)ccc6ccc3c4c65)c(F)cc2F)c1. The molecule has 290 valence electrons. The Morgan fingerprint density at radius 3 is 1.10 bits per heavy atom. The summed E-state index contributed by atoms with van der Waals surface area (Å²) in [5.41, 5.74) is 3.05. The van der Waals surface area contributed by atoms with E-state index in [0.29, 0.717) is 22.7 Å². The summed E-state index contributed by atoms with van der Waals surface area (Å²) in [6.45, 7) is 0. The van der Waals surface area contributed by atoms with Gasteiger partial charge in [0.2, 0.25) is 0 Å². The van der Waals surface area contributed by atoms with Gasteiger partial charge in [-0.05, 0) is 105 Å². The van der Waals surface area contributed by atoms with Gasteiger partial charge in [0.05, 0.1) is 22.7 Å². The molecule has 8 heteroatoms. The fourth-order valence-corrected chi connectivity index (χ4v) is 8.30. The van der Waals surface area contributed by atoms with E-state index in [1.165, 1.54) is 48.5 Å². The van der Waals surface area contributed by atoms with Crippen molar-refractivity contribution in [1.82, 2.24) is 0 Å². The Balaban J connectivity index is 1.22. The molecule has 10 aromatic carbocycles. The molecular formula is C52H30F6N2. The summed E-state index contributed by atoms with van der Waals surface area (Å²) in [6, 6.07) is 49.3. The Bertz CT molecular complexity index is 3020. The van der Waals surface area contributed by atoms with Gasteiger partial charge in [0.1, 0.15) is 34.9 Å². The Labute approximate surface area is 340 Å². The zero-order valence-electron chi connectivity index (χ0n) is 31.5.